The van der Waals surface area contributed by atoms with Crippen LogP contribution in [-0.2, 0) is 6.42 Å². The first-order valence-electron chi connectivity index (χ1n) is 6.33. The van der Waals surface area contributed by atoms with Crippen LogP contribution in [0.15, 0.2) is 22.7 Å². The van der Waals surface area contributed by atoms with E-state index in [1.54, 1.807) is 11.1 Å². The highest BCUT2D eigenvalue weighted by Gasteiger charge is 2.25. The SMILES string of the molecule is Brc1ccc2c(c1)C(CN1CCCC1)CC2. The molecule has 16 heavy (non-hydrogen) atoms. The van der Waals surface area contributed by atoms with E-state index in [4.69, 9.17) is 0 Å². The molecular weight excluding hydrogens is 262 g/mol. The molecule has 1 aromatic carbocycles. The molecule has 1 unspecified atom stereocenters. The Bertz CT molecular complexity index is 382. The first kappa shape index (κ1) is 10.8. The molecule has 1 nitrogen and oxygen atoms in total. The zero-order chi connectivity index (χ0) is 11.0. The number of nitrogens with zero attached hydrogens (tertiary/aromatic N) is 1. The maximum Gasteiger partial charge on any atom is 0.0178 e. The van der Waals surface area contributed by atoms with E-state index in [0.29, 0.717) is 0 Å². The second-order valence-electron chi connectivity index (χ2n) is 5.09. The van der Waals surface area contributed by atoms with Gasteiger partial charge in [-0.1, -0.05) is 22.0 Å². The zero-order valence-corrected chi connectivity index (χ0v) is 11.2. The van der Waals surface area contributed by atoms with Gasteiger partial charge in [-0.05, 0) is 68.0 Å². The van der Waals surface area contributed by atoms with E-state index in [1.807, 2.05) is 0 Å². The van der Waals surface area contributed by atoms with Crippen molar-refractivity contribution in [3.63, 3.8) is 0 Å². The third-order valence-electron chi connectivity index (χ3n) is 3.99. The molecule has 1 aliphatic heterocycles. The molecule has 0 spiro atoms. The van der Waals surface area contributed by atoms with E-state index in [2.05, 4.69) is 39.0 Å². The van der Waals surface area contributed by atoms with Crippen LogP contribution in [0.5, 0.6) is 0 Å². The lowest BCUT2D eigenvalue weighted by Gasteiger charge is -2.20. The Labute approximate surface area is 106 Å². The van der Waals surface area contributed by atoms with E-state index in [9.17, 15) is 0 Å². The Morgan fingerprint density at radius 1 is 1.25 bits per heavy atom. The topological polar surface area (TPSA) is 3.24 Å². The fraction of sp³-hybridized carbons (Fsp3) is 0.571. The van der Waals surface area contributed by atoms with Crippen LogP contribution in [0.25, 0.3) is 0 Å². The lowest BCUT2D eigenvalue weighted by Crippen LogP contribution is -2.24. The van der Waals surface area contributed by atoms with Crippen molar-refractivity contribution in [3.05, 3.63) is 33.8 Å². The molecule has 0 saturated carbocycles. The van der Waals surface area contributed by atoms with Crippen LogP contribution < -0.4 is 0 Å². The van der Waals surface area contributed by atoms with Crippen molar-refractivity contribution in [2.24, 2.45) is 0 Å². The van der Waals surface area contributed by atoms with Crippen LogP contribution in [-0.4, -0.2) is 24.5 Å². The molecular formula is C14H18BrN. The molecule has 1 aliphatic carbocycles. The number of benzene rings is 1. The molecule has 1 saturated heterocycles. The summed E-state index contributed by atoms with van der Waals surface area (Å²) in [5.41, 5.74) is 3.17. The predicted octanol–water partition coefficient (Wildman–Crippen LogP) is 3.57. The van der Waals surface area contributed by atoms with Gasteiger partial charge in [0.05, 0.1) is 0 Å². The van der Waals surface area contributed by atoms with Gasteiger partial charge in [-0.2, -0.15) is 0 Å². The molecule has 0 N–H and O–H groups in total. The highest BCUT2D eigenvalue weighted by atomic mass is 79.9. The molecule has 86 valence electrons. The van der Waals surface area contributed by atoms with Gasteiger partial charge in [0.15, 0.2) is 0 Å². The smallest absolute Gasteiger partial charge is 0.0178 e. The van der Waals surface area contributed by atoms with E-state index >= 15 is 0 Å². The maximum absolute atomic E-state index is 3.59. The van der Waals surface area contributed by atoms with Crippen LogP contribution in [0.1, 0.15) is 36.3 Å². The van der Waals surface area contributed by atoms with Crippen molar-refractivity contribution in [2.45, 2.75) is 31.6 Å². The van der Waals surface area contributed by atoms with Gasteiger partial charge in [0, 0.05) is 11.0 Å². The van der Waals surface area contributed by atoms with Crippen LogP contribution >= 0.6 is 15.9 Å². The van der Waals surface area contributed by atoms with Crippen LogP contribution in [0.4, 0.5) is 0 Å². The molecule has 1 atom stereocenters. The number of hydrogen-bond acceptors (Lipinski definition) is 1. The summed E-state index contributed by atoms with van der Waals surface area (Å²) in [7, 11) is 0. The van der Waals surface area contributed by atoms with Crippen molar-refractivity contribution in [2.75, 3.05) is 19.6 Å². The largest absolute Gasteiger partial charge is 0.303 e. The van der Waals surface area contributed by atoms with Gasteiger partial charge in [-0.3, -0.25) is 0 Å². The van der Waals surface area contributed by atoms with Gasteiger partial charge < -0.3 is 4.90 Å². The fourth-order valence-corrected chi connectivity index (χ4v) is 3.50. The second kappa shape index (κ2) is 4.50. The van der Waals surface area contributed by atoms with E-state index in [-0.39, 0.29) is 0 Å². The zero-order valence-electron chi connectivity index (χ0n) is 9.58. The van der Waals surface area contributed by atoms with Gasteiger partial charge in [0.1, 0.15) is 0 Å². The third-order valence-corrected chi connectivity index (χ3v) is 4.48. The van der Waals surface area contributed by atoms with Gasteiger partial charge >= 0.3 is 0 Å². The van der Waals surface area contributed by atoms with Gasteiger partial charge in [-0.25, -0.2) is 0 Å². The average molecular weight is 280 g/mol. The molecule has 1 aromatic rings. The lowest BCUT2D eigenvalue weighted by molar-refractivity contribution is 0.313. The summed E-state index contributed by atoms with van der Waals surface area (Å²) in [5.74, 6) is 0.783. The van der Waals surface area contributed by atoms with Gasteiger partial charge in [-0.15, -0.1) is 0 Å². The molecule has 2 aliphatic rings. The quantitative estimate of drug-likeness (QED) is 0.800. The highest BCUT2D eigenvalue weighted by molar-refractivity contribution is 9.10. The number of aryl methyl sites for hydroxylation is 1. The average Bonchev–Trinajstić information content (AvgIpc) is 2.90. The number of hydrogen-bond donors (Lipinski definition) is 0. The van der Waals surface area contributed by atoms with E-state index in [1.165, 1.54) is 49.8 Å². The molecule has 3 rings (SSSR count). The number of halogens is 1. The maximum atomic E-state index is 3.59. The Morgan fingerprint density at radius 2 is 2.06 bits per heavy atom. The first-order valence-corrected chi connectivity index (χ1v) is 7.13. The minimum absolute atomic E-state index is 0.783. The van der Waals surface area contributed by atoms with Gasteiger partial charge in [0.25, 0.3) is 0 Å². The Balaban J connectivity index is 1.77. The molecule has 2 heteroatoms. The number of likely N-dealkylation sites (tertiary alicyclic amines) is 1. The van der Waals surface area contributed by atoms with Crippen LogP contribution in [0, 0.1) is 0 Å². The highest BCUT2D eigenvalue weighted by Crippen LogP contribution is 2.35. The summed E-state index contributed by atoms with van der Waals surface area (Å²) >= 11 is 3.59. The van der Waals surface area contributed by atoms with E-state index < -0.39 is 0 Å². The summed E-state index contributed by atoms with van der Waals surface area (Å²) < 4.78 is 1.24. The summed E-state index contributed by atoms with van der Waals surface area (Å²) in [6.45, 7) is 3.92. The molecule has 1 fully saturated rings. The number of rotatable bonds is 2. The van der Waals surface area contributed by atoms with Crippen molar-refractivity contribution in [3.8, 4) is 0 Å². The molecule has 0 bridgehead atoms. The minimum Gasteiger partial charge on any atom is -0.303 e. The Kier molecular flexibility index (Phi) is 3.03. The minimum atomic E-state index is 0.783. The lowest BCUT2D eigenvalue weighted by atomic mass is 10.0. The molecule has 0 radical (unpaired) electrons. The summed E-state index contributed by atoms with van der Waals surface area (Å²) in [6, 6.07) is 6.81. The van der Waals surface area contributed by atoms with Crippen molar-refractivity contribution in [1.82, 2.24) is 4.90 Å². The molecule has 1 heterocycles. The summed E-state index contributed by atoms with van der Waals surface area (Å²) in [5, 5.41) is 0. The van der Waals surface area contributed by atoms with Crippen molar-refractivity contribution >= 4 is 15.9 Å². The summed E-state index contributed by atoms with van der Waals surface area (Å²) in [6.07, 6.45) is 5.43. The van der Waals surface area contributed by atoms with Crippen LogP contribution in [0.3, 0.4) is 0 Å². The normalized spacial score (nSPS) is 24.9. The van der Waals surface area contributed by atoms with E-state index in [0.717, 1.165) is 5.92 Å². The third kappa shape index (κ3) is 2.05. The second-order valence-corrected chi connectivity index (χ2v) is 6.00. The molecule has 0 aromatic heterocycles. The Hall–Kier alpha value is -0.340. The molecule has 0 amide bonds. The number of fused-ring (bicyclic) bond motifs is 1. The van der Waals surface area contributed by atoms with Crippen LogP contribution in [0.2, 0.25) is 0 Å². The predicted molar refractivity (Wildman–Crippen MR) is 70.9 cm³/mol. The van der Waals surface area contributed by atoms with Gasteiger partial charge in [0.2, 0.25) is 0 Å². The summed E-state index contributed by atoms with van der Waals surface area (Å²) in [4.78, 5) is 2.64. The monoisotopic (exact) mass is 279 g/mol. The first-order chi connectivity index (χ1) is 7.83. The Morgan fingerprint density at radius 3 is 2.88 bits per heavy atom. The van der Waals surface area contributed by atoms with Crippen molar-refractivity contribution in [1.29, 1.82) is 0 Å². The van der Waals surface area contributed by atoms with Crippen molar-refractivity contribution < 1.29 is 0 Å². The fourth-order valence-electron chi connectivity index (χ4n) is 3.13. The standard InChI is InChI=1S/C14H18BrN/c15-13-6-5-11-3-4-12(14(11)9-13)10-16-7-1-2-8-16/h5-6,9,12H,1-4,7-8,10H2.